The number of nitrogens with zero attached hydrogens (tertiary/aromatic N) is 3. The molecule has 0 N–H and O–H groups in total. The van der Waals surface area contributed by atoms with Crippen molar-refractivity contribution in [2.75, 3.05) is 36.8 Å². The minimum atomic E-state index is 0.287. The summed E-state index contributed by atoms with van der Waals surface area (Å²) in [7, 11) is 0. The molecule has 1 fully saturated rings. The number of hydrogen-bond donors (Lipinski definition) is 0. The summed E-state index contributed by atoms with van der Waals surface area (Å²) in [5.41, 5.74) is 4.96. The third kappa shape index (κ3) is 4.81. The quantitative estimate of drug-likeness (QED) is 0.378. The van der Waals surface area contributed by atoms with E-state index in [0.29, 0.717) is 6.42 Å². The predicted octanol–water partition coefficient (Wildman–Crippen LogP) is 5.44. The van der Waals surface area contributed by atoms with E-state index in [-0.39, 0.29) is 5.91 Å². The van der Waals surface area contributed by atoms with Crippen LogP contribution in [0.5, 0.6) is 0 Å². The molecule has 1 saturated heterocycles. The largest absolute Gasteiger partial charge is 0.345 e. The average molecular weight is 440 g/mol. The molecule has 0 atom stereocenters. The van der Waals surface area contributed by atoms with E-state index in [9.17, 15) is 4.79 Å². The first-order valence-electron chi connectivity index (χ1n) is 10.6. The maximum Gasteiger partial charge on any atom is 0.222 e. The molecule has 1 aliphatic rings. The molecule has 0 aliphatic carbocycles. The van der Waals surface area contributed by atoms with Gasteiger partial charge in [-0.15, -0.1) is 11.8 Å². The first-order chi connectivity index (χ1) is 14.5. The topological polar surface area (TPSA) is 36.4 Å². The summed E-state index contributed by atoms with van der Waals surface area (Å²) >= 11 is 3.59. The lowest BCUT2D eigenvalue weighted by Gasteiger charge is -2.34. The number of anilines is 1. The zero-order valence-corrected chi connectivity index (χ0v) is 19.6. The van der Waals surface area contributed by atoms with Gasteiger partial charge in [-0.05, 0) is 62.3 Å². The van der Waals surface area contributed by atoms with Crippen LogP contribution in [0.25, 0.3) is 10.2 Å². The van der Waals surface area contributed by atoms with Gasteiger partial charge in [0.05, 0.1) is 10.2 Å². The summed E-state index contributed by atoms with van der Waals surface area (Å²) in [5.74, 6) is 1.27. The van der Waals surface area contributed by atoms with Crippen molar-refractivity contribution >= 4 is 44.4 Å². The van der Waals surface area contributed by atoms with Gasteiger partial charge in [-0.3, -0.25) is 4.79 Å². The Hall–Kier alpha value is -2.05. The van der Waals surface area contributed by atoms with Crippen molar-refractivity contribution in [3.63, 3.8) is 0 Å². The van der Waals surface area contributed by atoms with Crippen LogP contribution in [0.15, 0.2) is 41.3 Å². The molecule has 0 bridgehead atoms. The van der Waals surface area contributed by atoms with Crippen molar-refractivity contribution in [2.45, 2.75) is 38.5 Å². The molecule has 1 aromatic heterocycles. The Morgan fingerprint density at radius 3 is 2.50 bits per heavy atom. The third-order valence-corrected chi connectivity index (χ3v) is 7.98. The number of rotatable bonds is 6. The number of benzene rings is 2. The SMILES string of the molecule is Cc1ccc(SCCCC(=O)N2CCN(c3nc4c(C)c(C)ccc4s3)CC2)cc1. The van der Waals surface area contributed by atoms with E-state index in [0.717, 1.165) is 49.0 Å². The van der Waals surface area contributed by atoms with Crippen molar-refractivity contribution < 1.29 is 4.79 Å². The van der Waals surface area contributed by atoms with Crippen LogP contribution in [-0.4, -0.2) is 47.7 Å². The van der Waals surface area contributed by atoms with Gasteiger partial charge in [0.2, 0.25) is 5.91 Å². The van der Waals surface area contributed by atoms with Gasteiger partial charge >= 0.3 is 0 Å². The van der Waals surface area contributed by atoms with Gasteiger partial charge in [-0.25, -0.2) is 4.98 Å². The zero-order chi connectivity index (χ0) is 21.1. The van der Waals surface area contributed by atoms with Crippen LogP contribution in [0.3, 0.4) is 0 Å². The smallest absolute Gasteiger partial charge is 0.222 e. The number of thioether (sulfide) groups is 1. The van der Waals surface area contributed by atoms with Crippen LogP contribution in [-0.2, 0) is 4.79 Å². The molecule has 1 aliphatic heterocycles. The van der Waals surface area contributed by atoms with E-state index in [4.69, 9.17) is 4.98 Å². The van der Waals surface area contributed by atoms with Gasteiger partial charge in [0.25, 0.3) is 0 Å². The highest BCUT2D eigenvalue weighted by molar-refractivity contribution is 7.99. The molecule has 4 rings (SSSR count). The number of aryl methyl sites for hydroxylation is 3. The number of thiazole rings is 1. The van der Waals surface area contributed by atoms with Gasteiger partial charge < -0.3 is 9.80 Å². The van der Waals surface area contributed by atoms with Crippen LogP contribution < -0.4 is 4.90 Å². The van der Waals surface area contributed by atoms with Crippen LogP contribution in [0.2, 0.25) is 0 Å². The summed E-state index contributed by atoms with van der Waals surface area (Å²) in [4.78, 5) is 23.1. The van der Waals surface area contributed by atoms with Gasteiger partial charge in [-0.1, -0.05) is 35.1 Å². The molecular formula is C24H29N3OS2. The molecule has 0 saturated carbocycles. The highest BCUT2D eigenvalue weighted by Crippen LogP contribution is 2.32. The van der Waals surface area contributed by atoms with Crippen molar-refractivity contribution in [2.24, 2.45) is 0 Å². The molecule has 6 heteroatoms. The van der Waals surface area contributed by atoms with Gasteiger partial charge in [0.15, 0.2) is 5.13 Å². The van der Waals surface area contributed by atoms with Crippen molar-refractivity contribution in [3.8, 4) is 0 Å². The molecule has 2 heterocycles. The summed E-state index contributed by atoms with van der Waals surface area (Å²) in [5, 5.41) is 1.08. The van der Waals surface area contributed by atoms with E-state index >= 15 is 0 Å². The lowest BCUT2D eigenvalue weighted by Crippen LogP contribution is -2.48. The zero-order valence-electron chi connectivity index (χ0n) is 18.0. The van der Waals surface area contributed by atoms with Crippen LogP contribution in [0.1, 0.15) is 29.5 Å². The number of aromatic nitrogens is 1. The number of amides is 1. The van der Waals surface area contributed by atoms with E-state index < -0.39 is 0 Å². The first-order valence-corrected chi connectivity index (χ1v) is 12.4. The normalized spacial score (nSPS) is 14.5. The van der Waals surface area contributed by atoms with E-state index in [1.54, 1.807) is 11.3 Å². The monoisotopic (exact) mass is 439 g/mol. The molecule has 0 spiro atoms. The molecule has 2 aromatic carbocycles. The fourth-order valence-electron chi connectivity index (χ4n) is 3.70. The van der Waals surface area contributed by atoms with Gasteiger partial charge in [0, 0.05) is 37.5 Å². The molecule has 30 heavy (non-hydrogen) atoms. The first kappa shape index (κ1) is 21.2. The summed E-state index contributed by atoms with van der Waals surface area (Å²) in [6.07, 6.45) is 1.56. The Morgan fingerprint density at radius 1 is 1.03 bits per heavy atom. The fraction of sp³-hybridized carbons (Fsp3) is 0.417. The van der Waals surface area contributed by atoms with Gasteiger partial charge in [0.1, 0.15) is 0 Å². The maximum atomic E-state index is 12.6. The predicted molar refractivity (Wildman–Crippen MR) is 129 cm³/mol. The standard InChI is InChI=1S/C24H29N3OS2/c1-17-6-9-20(10-7-17)29-16-4-5-22(28)26-12-14-27(15-13-26)24-25-23-19(3)18(2)8-11-21(23)30-24/h6-11H,4-5,12-16H2,1-3H3. The second-order valence-electron chi connectivity index (χ2n) is 7.98. The second kappa shape index (κ2) is 9.40. The number of piperazine rings is 1. The number of hydrogen-bond acceptors (Lipinski definition) is 5. The van der Waals surface area contributed by atoms with E-state index in [1.165, 1.54) is 26.3 Å². The summed E-state index contributed by atoms with van der Waals surface area (Å²) in [6.45, 7) is 9.69. The van der Waals surface area contributed by atoms with Crippen LogP contribution >= 0.6 is 23.1 Å². The fourth-order valence-corrected chi connectivity index (χ4v) is 5.63. The molecule has 0 unspecified atom stereocenters. The number of fused-ring (bicyclic) bond motifs is 1. The molecule has 3 aromatic rings. The molecule has 4 nitrogen and oxygen atoms in total. The third-order valence-electron chi connectivity index (χ3n) is 5.80. The Labute approximate surface area is 187 Å². The highest BCUT2D eigenvalue weighted by Gasteiger charge is 2.23. The maximum absolute atomic E-state index is 12.6. The Kier molecular flexibility index (Phi) is 6.64. The summed E-state index contributed by atoms with van der Waals surface area (Å²) < 4.78 is 1.25. The molecule has 158 valence electrons. The van der Waals surface area contributed by atoms with Crippen LogP contribution in [0, 0.1) is 20.8 Å². The average Bonchev–Trinajstić information content (AvgIpc) is 3.20. The second-order valence-corrected chi connectivity index (χ2v) is 10.2. The number of carbonyl (C=O) groups is 1. The van der Waals surface area contributed by atoms with Crippen molar-refractivity contribution in [1.82, 2.24) is 9.88 Å². The summed E-state index contributed by atoms with van der Waals surface area (Å²) in [6, 6.07) is 12.9. The Morgan fingerprint density at radius 2 is 1.77 bits per heavy atom. The van der Waals surface area contributed by atoms with E-state index in [2.05, 4.69) is 62.1 Å². The molecule has 0 radical (unpaired) electrons. The Bertz CT molecular complexity index is 1020. The Balaban J connectivity index is 1.24. The lowest BCUT2D eigenvalue weighted by atomic mass is 10.1. The minimum Gasteiger partial charge on any atom is -0.345 e. The van der Waals surface area contributed by atoms with Crippen molar-refractivity contribution in [3.05, 3.63) is 53.1 Å². The molecular weight excluding hydrogens is 410 g/mol. The lowest BCUT2D eigenvalue weighted by molar-refractivity contribution is -0.131. The highest BCUT2D eigenvalue weighted by atomic mass is 32.2. The molecule has 1 amide bonds. The van der Waals surface area contributed by atoms with Crippen LogP contribution in [0.4, 0.5) is 5.13 Å². The van der Waals surface area contributed by atoms with Gasteiger partial charge in [-0.2, -0.15) is 0 Å². The van der Waals surface area contributed by atoms with E-state index in [1.807, 2.05) is 16.7 Å². The minimum absolute atomic E-state index is 0.287. The number of carbonyl (C=O) groups excluding carboxylic acids is 1. The van der Waals surface area contributed by atoms with Crippen molar-refractivity contribution in [1.29, 1.82) is 0 Å².